The molecule has 0 saturated heterocycles. The Morgan fingerprint density at radius 1 is 1.32 bits per heavy atom. The molecule has 1 aliphatic rings. The van der Waals surface area contributed by atoms with Crippen molar-refractivity contribution in [2.45, 2.75) is 45.6 Å². The van der Waals surface area contributed by atoms with Crippen molar-refractivity contribution in [2.75, 3.05) is 5.32 Å². The molecule has 0 bridgehead atoms. The summed E-state index contributed by atoms with van der Waals surface area (Å²) >= 11 is 11.4. The quantitative estimate of drug-likeness (QED) is 0.785. The highest BCUT2D eigenvalue weighted by Gasteiger charge is 2.21. The summed E-state index contributed by atoms with van der Waals surface area (Å²) in [4.78, 5) is 0. The van der Waals surface area contributed by atoms with Gasteiger partial charge in [-0.2, -0.15) is 0 Å². The van der Waals surface area contributed by atoms with Crippen LogP contribution in [0.3, 0.4) is 0 Å². The van der Waals surface area contributed by atoms with E-state index in [-0.39, 0.29) is 0 Å². The number of aryl methyl sites for hydroxylation is 1. The molecule has 1 aromatic rings. The van der Waals surface area contributed by atoms with E-state index in [0.29, 0.717) is 17.1 Å². The first kappa shape index (κ1) is 14.6. The predicted octanol–water partition coefficient (Wildman–Crippen LogP) is 4.51. The second-order valence-electron chi connectivity index (χ2n) is 5.43. The van der Waals surface area contributed by atoms with Crippen LogP contribution in [0.25, 0.3) is 0 Å². The smallest absolute Gasteiger partial charge is 0.171 e. The zero-order valence-corrected chi connectivity index (χ0v) is 13.1. The number of hydrogen-bond donors (Lipinski definition) is 2. The monoisotopic (exact) mass is 296 g/mol. The Bertz CT molecular complexity index is 461. The number of thiocarbonyl (C=S) groups is 1. The van der Waals surface area contributed by atoms with Gasteiger partial charge in [0.05, 0.1) is 0 Å². The molecule has 0 aliphatic heterocycles. The Hall–Kier alpha value is -0.800. The molecular formula is C15H21ClN2S. The highest BCUT2D eigenvalue weighted by atomic mass is 35.5. The molecule has 0 aromatic heterocycles. The molecule has 1 saturated carbocycles. The van der Waals surface area contributed by atoms with Crippen molar-refractivity contribution in [3.63, 3.8) is 0 Å². The Labute approximate surface area is 125 Å². The van der Waals surface area contributed by atoms with E-state index in [1.54, 1.807) is 0 Å². The first-order valence-corrected chi connectivity index (χ1v) is 7.68. The lowest BCUT2D eigenvalue weighted by atomic mass is 9.86. The van der Waals surface area contributed by atoms with E-state index in [1.165, 1.54) is 25.7 Å². The molecule has 1 aliphatic carbocycles. The summed E-state index contributed by atoms with van der Waals surface area (Å²) in [6.07, 6.45) is 5.13. The standard InChI is InChI=1S/C15H21ClN2S/c1-10-5-3-4-6-13(10)17-15(19)18-14-9-12(16)8-7-11(14)2/h7-10,13H,3-6H2,1-2H3,(H2,17,18,19)/t10-,13+/m0/s1. The van der Waals surface area contributed by atoms with Crippen LogP contribution in [-0.4, -0.2) is 11.2 Å². The zero-order chi connectivity index (χ0) is 13.8. The number of halogens is 1. The van der Waals surface area contributed by atoms with Gasteiger partial charge in [-0.05, 0) is 55.6 Å². The normalized spacial score (nSPS) is 22.9. The number of nitrogens with one attached hydrogen (secondary N) is 2. The van der Waals surface area contributed by atoms with Crippen LogP contribution in [-0.2, 0) is 0 Å². The summed E-state index contributed by atoms with van der Waals surface area (Å²) < 4.78 is 0. The SMILES string of the molecule is Cc1ccc(Cl)cc1NC(=S)N[C@@H]1CCCC[C@@H]1C. The largest absolute Gasteiger partial charge is 0.359 e. The van der Waals surface area contributed by atoms with Crippen LogP contribution in [0.1, 0.15) is 38.2 Å². The fourth-order valence-corrected chi connectivity index (χ4v) is 3.02. The van der Waals surface area contributed by atoms with Crippen molar-refractivity contribution in [3.8, 4) is 0 Å². The highest BCUT2D eigenvalue weighted by Crippen LogP contribution is 2.24. The van der Waals surface area contributed by atoms with Gasteiger partial charge in [-0.15, -0.1) is 0 Å². The molecule has 0 spiro atoms. The molecule has 1 aromatic carbocycles. The maximum atomic E-state index is 6.01. The lowest BCUT2D eigenvalue weighted by Crippen LogP contribution is -2.43. The Kier molecular flexibility index (Phi) is 5.06. The Morgan fingerprint density at radius 2 is 2.05 bits per heavy atom. The summed E-state index contributed by atoms with van der Waals surface area (Å²) in [5.41, 5.74) is 2.12. The molecule has 0 radical (unpaired) electrons. The average Bonchev–Trinajstić information content (AvgIpc) is 2.37. The second-order valence-corrected chi connectivity index (χ2v) is 6.27. The van der Waals surface area contributed by atoms with Gasteiger partial charge in [0.15, 0.2) is 5.11 Å². The fraction of sp³-hybridized carbons (Fsp3) is 0.533. The summed E-state index contributed by atoms with van der Waals surface area (Å²) in [7, 11) is 0. The average molecular weight is 297 g/mol. The van der Waals surface area contributed by atoms with Crippen molar-refractivity contribution < 1.29 is 0 Å². The number of hydrogen-bond acceptors (Lipinski definition) is 1. The molecule has 2 N–H and O–H groups in total. The molecule has 0 unspecified atom stereocenters. The molecule has 2 atom stereocenters. The van der Waals surface area contributed by atoms with Crippen molar-refractivity contribution in [2.24, 2.45) is 5.92 Å². The summed E-state index contributed by atoms with van der Waals surface area (Å²) in [6.45, 7) is 4.34. The highest BCUT2D eigenvalue weighted by molar-refractivity contribution is 7.80. The van der Waals surface area contributed by atoms with Crippen LogP contribution in [0.15, 0.2) is 18.2 Å². The van der Waals surface area contributed by atoms with Crippen LogP contribution in [0.2, 0.25) is 5.02 Å². The first-order valence-electron chi connectivity index (χ1n) is 6.90. The zero-order valence-electron chi connectivity index (χ0n) is 11.5. The van der Waals surface area contributed by atoms with Crippen molar-refractivity contribution in [1.29, 1.82) is 0 Å². The fourth-order valence-electron chi connectivity index (χ4n) is 2.59. The van der Waals surface area contributed by atoms with Crippen LogP contribution in [0.5, 0.6) is 0 Å². The third kappa shape index (κ3) is 4.08. The number of anilines is 1. The van der Waals surface area contributed by atoms with Gasteiger partial charge in [0, 0.05) is 16.8 Å². The van der Waals surface area contributed by atoms with E-state index in [0.717, 1.165) is 16.3 Å². The minimum absolute atomic E-state index is 0.494. The van der Waals surface area contributed by atoms with E-state index in [1.807, 2.05) is 25.1 Å². The van der Waals surface area contributed by atoms with E-state index < -0.39 is 0 Å². The molecule has 1 fully saturated rings. The number of benzene rings is 1. The minimum Gasteiger partial charge on any atom is -0.359 e. The van der Waals surface area contributed by atoms with Gasteiger partial charge >= 0.3 is 0 Å². The van der Waals surface area contributed by atoms with Gasteiger partial charge in [-0.3, -0.25) is 0 Å². The maximum absolute atomic E-state index is 6.01. The van der Waals surface area contributed by atoms with Crippen LogP contribution in [0.4, 0.5) is 5.69 Å². The molecule has 0 heterocycles. The van der Waals surface area contributed by atoms with Crippen LogP contribution < -0.4 is 10.6 Å². The maximum Gasteiger partial charge on any atom is 0.171 e. The van der Waals surface area contributed by atoms with Gasteiger partial charge in [0.1, 0.15) is 0 Å². The van der Waals surface area contributed by atoms with Gasteiger partial charge in [0.2, 0.25) is 0 Å². The molecule has 0 amide bonds. The lowest BCUT2D eigenvalue weighted by Gasteiger charge is -2.30. The van der Waals surface area contributed by atoms with E-state index in [9.17, 15) is 0 Å². The summed E-state index contributed by atoms with van der Waals surface area (Å²) in [6, 6.07) is 6.29. The van der Waals surface area contributed by atoms with Gasteiger partial charge in [-0.1, -0.05) is 37.4 Å². The minimum atomic E-state index is 0.494. The molecular weight excluding hydrogens is 276 g/mol. The van der Waals surface area contributed by atoms with Crippen molar-refractivity contribution in [3.05, 3.63) is 28.8 Å². The van der Waals surface area contributed by atoms with E-state index in [2.05, 4.69) is 17.6 Å². The van der Waals surface area contributed by atoms with Gasteiger partial charge in [-0.25, -0.2) is 0 Å². The predicted molar refractivity (Wildman–Crippen MR) is 87.0 cm³/mol. The molecule has 19 heavy (non-hydrogen) atoms. The van der Waals surface area contributed by atoms with Crippen LogP contribution >= 0.6 is 23.8 Å². The van der Waals surface area contributed by atoms with Crippen molar-refractivity contribution >= 4 is 34.6 Å². The van der Waals surface area contributed by atoms with Gasteiger partial charge in [0.25, 0.3) is 0 Å². The third-order valence-electron chi connectivity index (χ3n) is 3.88. The molecule has 2 rings (SSSR count). The van der Waals surface area contributed by atoms with Gasteiger partial charge < -0.3 is 10.6 Å². The van der Waals surface area contributed by atoms with E-state index in [4.69, 9.17) is 23.8 Å². The Morgan fingerprint density at radius 3 is 2.79 bits per heavy atom. The molecule has 104 valence electrons. The molecule has 4 heteroatoms. The summed E-state index contributed by atoms with van der Waals surface area (Å²) in [5, 5.41) is 8.12. The molecule has 2 nitrogen and oxygen atoms in total. The lowest BCUT2D eigenvalue weighted by molar-refractivity contribution is 0.309. The third-order valence-corrected chi connectivity index (χ3v) is 4.33. The van der Waals surface area contributed by atoms with Crippen molar-refractivity contribution in [1.82, 2.24) is 5.32 Å². The first-order chi connectivity index (χ1) is 9.06. The topological polar surface area (TPSA) is 24.1 Å². The van der Waals surface area contributed by atoms with E-state index >= 15 is 0 Å². The second kappa shape index (κ2) is 6.58. The number of rotatable bonds is 2. The summed E-state index contributed by atoms with van der Waals surface area (Å²) in [5.74, 6) is 0.689. The van der Waals surface area contributed by atoms with Crippen LogP contribution in [0, 0.1) is 12.8 Å². The Balaban J connectivity index is 1.95.